The van der Waals surface area contributed by atoms with Crippen LogP contribution in [0.5, 0.6) is 0 Å². The molecule has 1 aliphatic carbocycles. The summed E-state index contributed by atoms with van der Waals surface area (Å²) in [5.74, 6) is -0.815. The number of carbonyl (C=O) groups excluding carboxylic acids is 3. The lowest BCUT2D eigenvalue weighted by atomic mass is 9.95. The zero-order valence-corrected chi connectivity index (χ0v) is 19.2. The highest BCUT2D eigenvalue weighted by Crippen LogP contribution is 2.31. The summed E-state index contributed by atoms with van der Waals surface area (Å²) in [5, 5.41) is 5.71. The summed E-state index contributed by atoms with van der Waals surface area (Å²) < 4.78 is 10.7. The SMILES string of the molecule is Cc1ccccc1N(C(=O)CNC(=O)c1ccco1)[C@@H](C(=O)NC1CCCCC1)c1ccco1. The van der Waals surface area contributed by atoms with Gasteiger partial charge in [0.25, 0.3) is 11.8 Å². The lowest BCUT2D eigenvalue weighted by Crippen LogP contribution is -2.49. The quantitative estimate of drug-likeness (QED) is 0.523. The summed E-state index contributed by atoms with van der Waals surface area (Å²) in [7, 11) is 0. The van der Waals surface area contributed by atoms with Crippen molar-refractivity contribution in [1.82, 2.24) is 10.6 Å². The maximum atomic E-state index is 13.6. The molecule has 8 heteroatoms. The van der Waals surface area contributed by atoms with E-state index in [1.165, 1.54) is 23.5 Å². The monoisotopic (exact) mass is 463 g/mol. The predicted molar refractivity (Wildman–Crippen MR) is 126 cm³/mol. The van der Waals surface area contributed by atoms with Crippen LogP contribution in [-0.2, 0) is 9.59 Å². The third-order valence-electron chi connectivity index (χ3n) is 6.06. The van der Waals surface area contributed by atoms with Crippen molar-refractivity contribution >= 4 is 23.4 Å². The molecule has 0 spiro atoms. The summed E-state index contributed by atoms with van der Waals surface area (Å²) in [6.45, 7) is 1.55. The Kier molecular flexibility index (Phi) is 7.47. The van der Waals surface area contributed by atoms with Gasteiger partial charge >= 0.3 is 0 Å². The third kappa shape index (κ3) is 5.39. The first kappa shape index (κ1) is 23.4. The van der Waals surface area contributed by atoms with Gasteiger partial charge in [0.15, 0.2) is 11.8 Å². The average Bonchev–Trinajstić information content (AvgIpc) is 3.57. The van der Waals surface area contributed by atoms with E-state index in [0.717, 1.165) is 37.7 Å². The number of nitrogens with zero attached hydrogens (tertiary/aromatic N) is 1. The molecule has 0 aliphatic heterocycles. The fraction of sp³-hybridized carbons (Fsp3) is 0.346. The van der Waals surface area contributed by atoms with Crippen molar-refractivity contribution in [3.63, 3.8) is 0 Å². The summed E-state index contributed by atoms with van der Waals surface area (Å²) in [6.07, 6.45) is 7.99. The number of para-hydroxylation sites is 1. The van der Waals surface area contributed by atoms with Crippen LogP contribution in [0.3, 0.4) is 0 Å². The van der Waals surface area contributed by atoms with E-state index in [9.17, 15) is 14.4 Å². The minimum atomic E-state index is -1.02. The van der Waals surface area contributed by atoms with Crippen LogP contribution in [0.2, 0.25) is 0 Å². The highest BCUT2D eigenvalue weighted by atomic mass is 16.3. The topological polar surface area (TPSA) is 105 Å². The molecule has 34 heavy (non-hydrogen) atoms. The van der Waals surface area contributed by atoms with Crippen molar-refractivity contribution in [2.24, 2.45) is 0 Å². The van der Waals surface area contributed by atoms with Crippen LogP contribution >= 0.6 is 0 Å². The molecule has 0 unspecified atom stereocenters. The molecular weight excluding hydrogens is 434 g/mol. The van der Waals surface area contributed by atoms with Crippen molar-refractivity contribution in [3.05, 3.63) is 78.1 Å². The highest BCUT2D eigenvalue weighted by molar-refractivity contribution is 6.04. The second-order valence-corrected chi connectivity index (χ2v) is 8.47. The second kappa shape index (κ2) is 10.9. The van der Waals surface area contributed by atoms with Gasteiger partial charge in [-0.2, -0.15) is 0 Å². The maximum Gasteiger partial charge on any atom is 0.287 e. The number of anilines is 1. The minimum Gasteiger partial charge on any atom is -0.467 e. The molecule has 178 valence electrons. The van der Waals surface area contributed by atoms with Crippen molar-refractivity contribution in [3.8, 4) is 0 Å². The van der Waals surface area contributed by atoms with Crippen LogP contribution in [-0.4, -0.2) is 30.3 Å². The molecule has 0 bridgehead atoms. The van der Waals surface area contributed by atoms with E-state index in [1.807, 2.05) is 25.1 Å². The molecule has 1 fully saturated rings. The molecule has 0 saturated heterocycles. The Labute approximate surface area is 198 Å². The Morgan fingerprint density at radius 3 is 2.38 bits per heavy atom. The number of hydrogen-bond acceptors (Lipinski definition) is 5. The lowest BCUT2D eigenvalue weighted by molar-refractivity contribution is -0.127. The predicted octanol–water partition coefficient (Wildman–Crippen LogP) is 4.13. The van der Waals surface area contributed by atoms with Gasteiger partial charge in [0.1, 0.15) is 5.76 Å². The summed E-state index contributed by atoms with van der Waals surface area (Å²) in [6, 6.07) is 12.9. The van der Waals surface area contributed by atoms with Gasteiger partial charge in [-0.1, -0.05) is 37.5 Å². The number of carbonyl (C=O) groups is 3. The fourth-order valence-corrected chi connectivity index (χ4v) is 4.33. The van der Waals surface area contributed by atoms with Crippen LogP contribution in [0, 0.1) is 6.92 Å². The van der Waals surface area contributed by atoms with Gasteiger partial charge in [-0.15, -0.1) is 0 Å². The molecule has 3 aromatic rings. The zero-order chi connectivity index (χ0) is 23.9. The Morgan fingerprint density at radius 1 is 0.971 bits per heavy atom. The van der Waals surface area contributed by atoms with E-state index in [2.05, 4.69) is 10.6 Å². The van der Waals surface area contributed by atoms with E-state index in [4.69, 9.17) is 8.83 Å². The molecule has 1 saturated carbocycles. The number of rotatable bonds is 8. The molecule has 1 aliphatic rings. The maximum absolute atomic E-state index is 13.6. The number of nitrogens with one attached hydrogen (secondary N) is 2. The molecule has 2 N–H and O–H groups in total. The van der Waals surface area contributed by atoms with Gasteiger partial charge in [-0.25, -0.2) is 0 Å². The van der Waals surface area contributed by atoms with Crippen molar-refractivity contribution in [1.29, 1.82) is 0 Å². The summed E-state index contributed by atoms with van der Waals surface area (Å²) in [5.41, 5.74) is 1.38. The van der Waals surface area contributed by atoms with Crippen LogP contribution in [0.15, 0.2) is 69.9 Å². The summed E-state index contributed by atoms with van der Waals surface area (Å²) in [4.78, 5) is 40.9. The summed E-state index contributed by atoms with van der Waals surface area (Å²) >= 11 is 0. The van der Waals surface area contributed by atoms with Crippen LogP contribution < -0.4 is 15.5 Å². The number of furan rings is 2. The van der Waals surface area contributed by atoms with Crippen LogP contribution in [0.4, 0.5) is 5.69 Å². The van der Waals surface area contributed by atoms with Gasteiger partial charge in [0.05, 0.1) is 19.1 Å². The molecule has 3 amide bonds. The van der Waals surface area contributed by atoms with E-state index in [0.29, 0.717) is 11.4 Å². The van der Waals surface area contributed by atoms with Gasteiger partial charge < -0.3 is 19.5 Å². The first-order valence-corrected chi connectivity index (χ1v) is 11.6. The second-order valence-electron chi connectivity index (χ2n) is 8.47. The molecule has 1 atom stereocenters. The molecule has 2 heterocycles. The molecule has 8 nitrogen and oxygen atoms in total. The zero-order valence-electron chi connectivity index (χ0n) is 19.2. The van der Waals surface area contributed by atoms with Gasteiger partial charge in [-0.05, 0) is 55.7 Å². The molecular formula is C26H29N3O5. The van der Waals surface area contributed by atoms with Crippen molar-refractivity contribution < 1.29 is 23.2 Å². The Bertz CT molecular complexity index is 1100. The van der Waals surface area contributed by atoms with E-state index < -0.39 is 17.9 Å². The van der Waals surface area contributed by atoms with Crippen LogP contribution in [0.25, 0.3) is 0 Å². The first-order chi connectivity index (χ1) is 16.5. The molecule has 1 aromatic carbocycles. The minimum absolute atomic E-state index is 0.0613. The number of hydrogen-bond donors (Lipinski definition) is 2. The Hall–Kier alpha value is -3.81. The molecule has 2 aromatic heterocycles. The van der Waals surface area contributed by atoms with Gasteiger partial charge in [-0.3, -0.25) is 19.3 Å². The smallest absolute Gasteiger partial charge is 0.287 e. The molecule has 4 rings (SSSR count). The average molecular weight is 464 g/mol. The Balaban J connectivity index is 1.64. The molecule has 0 radical (unpaired) electrons. The highest BCUT2D eigenvalue weighted by Gasteiger charge is 2.36. The number of benzene rings is 1. The van der Waals surface area contributed by atoms with E-state index in [-0.39, 0.29) is 24.3 Å². The van der Waals surface area contributed by atoms with Gasteiger partial charge in [0.2, 0.25) is 5.91 Å². The lowest BCUT2D eigenvalue weighted by Gasteiger charge is -2.33. The fourth-order valence-electron chi connectivity index (χ4n) is 4.33. The first-order valence-electron chi connectivity index (χ1n) is 11.6. The number of amides is 3. The van der Waals surface area contributed by atoms with Crippen molar-refractivity contribution in [2.45, 2.75) is 51.1 Å². The van der Waals surface area contributed by atoms with Gasteiger partial charge in [0, 0.05) is 11.7 Å². The number of aryl methyl sites for hydroxylation is 1. The van der Waals surface area contributed by atoms with E-state index in [1.54, 1.807) is 24.3 Å². The van der Waals surface area contributed by atoms with Crippen LogP contribution in [0.1, 0.15) is 60.0 Å². The normalized spacial score (nSPS) is 14.9. The Morgan fingerprint density at radius 2 is 1.71 bits per heavy atom. The largest absolute Gasteiger partial charge is 0.467 e. The third-order valence-corrected chi connectivity index (χ3v) is 6.06. The standard InChI is InChI=1S/C26H29N3O5/c1-18-9-5-6-12-20(18)29(23(30)17-27-25(31)22-14-8-16-34-22)24(21-13-7-15-33-21)26(32)28-19-10-3-2-4-11-19/h5-9,12-16,19,24H,2-4,10-11,17H2,1H3,(H,27,31)(H,28,32)/t24-/m1/s1. The van der Waals surface area contributed by atoms with E-state index >= 15 is 0 Å². The van der Waals surface area contributed by atoms with Crippen molar-refractivity contribution in [2.75, 3.05) is 11.4 Å².